The van der Waals surface area contributed by atoms with Crippen LogP contribution in [0.5, 0.6) is 5.75 Å². The Kier molecular flexibility index (Phi) is 7.49. The molecular formula is C16H19BFNO7S. The van der Waals surface area contributed by atoms with Crippen LogP contribution in [0.3, 0.4) is 0 Å². The van der Waals surface area contributed by atoms with Crippen molar-refractivity contribution in [2.24, 2.45) is 0 Å². The highest BCUT2D eigenvalue weighted by Crippen LogP contribution is 2.32. The molecule has 0 bridgehead atoms. The van der Waals surface area contributed by atoms with E-state index in [1.165, 1.54) is 17.8 Å². The highest BCUT2D eigenvalue weighted by Gasteiger charge is 2.39. The Balaban J connectivity index is 2.15. The first-order valence-electron chi connectivity index (χ1n) is 8.14. The number of halogens is 1. The molecular weight excluding hydrogens is 380 g/mol. The van der Waals surface area contributed by atoms with Crippen LogP contribution in [0.1, 0.15) is 29.3 Å². The lowest BCUT2D eigenvalue weighted by Gasteiger charge is -2.29. The summed E-state index contributed by atoms with van der Waals surface area (Å²) in [6.07, 6.45) is 2.01. The highest BCUT2D eigenvalue weighted by molar-refractivity contribution is 7.99. The second-order valence-electron chi connectivity index (χ2n) is 5.65. The summed E-state index contributed by atoms with van der Waals surface area (Å²) >= 11 is 1.32. The number of carbonyl (C=O) groups excluding carboxylic acids is 3. The molecule has 27 heavy (non-hydrogen) atoms. The van der Waals surface area contributed by atoms with E-state index in [1.807, 2.05) is 0 Å². The van der Waals surface area contributed by atoms with Crippen molar-refractivity contribution >= 4 is 36.7 Å². The molecule has 0 unspecified atom stereocenters. The predicted molar refractivity (Wildman–Crippen MR) is 95.7 cm³/mol. The van der Waals surface area contributed by atoms with Crippen molar-refractivity contribution in [3.05, 3.63) is 29.1 Å². The van der Waals surface area contributed by atoms with Crippen molar-refractivity contribution in [2.45, 2.75) is 25.7 Å². The number of esters is 2. The first-order valence-corrected chi connectivity index (χ1v) is 9.53. The number of amides is 1. The minimum atomic E-state index is -1.46. The molecule has 1 heterocycles. The molecule has 0 spiro atoms. The maximum atomic E-state index is 14.2. The third-order valence-electron chi connectivity index (χ3n) is 3.74. The second-order valence-corrected chi connectivity index (χ2v) is 6.52. The zero-order valence-electron chi connectivity index (χ0n) is 14.8. The van der Waals surface area contributed by atoms with E-state index in [1.54, 1.807) is 13.2 Å². The topological polar surface area (TPSA) is 111 Å². The predicted octanol–water partition coefficient (Wildman–Crippen LogP) is 0.696. The fourth-order valence-electron chi connectivity index (χ4n) is 2.45. The lowest BCUT2D eigenvalue weighted by molar-refractivity contribution is -0.151. The van der Waals surface area contributed by atoms with Crippen LogP contribution in [0.4, 0.5) is 4.39 Å². The van der Waals surface area contributed by atoms with Gasteiger partial charge in [-0.1, -0.05) is 13.0 Å². The zero-order valence-corrected chi connectivity index (χ0v) is 15.6. The fourth-order valence-corrected chi connectivity index (χ4v) is 2.80. The van der Waals surface area contributed by atoms with Crippen molar-refractivity contribution in [3.63, 3.8) is 0 Å². The molecule has 2 rings (SSSR count). The van der Waals surface area contributed by atoms with Gasteiger partial charge in [0.05, 0.1) is 11.7 Å². The second kappa shape index (κ2) is 9.61. The van der Waals surface area contributed by atoms with Gasteiger partial charge in [-0.15, -0.1) is 0 Å². The van der Waals surface area contributed by atoms with Crippen LogP contribution in [0.2, 0.25) is 0 Å². The number of benzene rings is 1. The van der Waals surface area contributed by atoms with Gasteiger partial charge in [-0.3, -0.25) is 9.59 Å². The van der Waals surface area contributed by atoms with Crippen LogP contribution in [-0.4, -0.2) is 54.7 Å². The lowest BCUT2D eigenvalue weighted by atomic mass is 9.72. The monoisotopic (exact) mass is 399 g/mol. The first kappa shape index (κ1) is 21.0. The summed E-state index contributed by atoms with van der Waals surface area (Å²) in [5.41, 5.74) is -0.0818. The molecule has 2 N–H and O–H groups in total. The van der Waals surface area contributed by atoms with Crippen LogP contribution in [-0.2, 0) is 25.5 Å². The number of thioether (sulfide) groups is 1. The Morgan fingerprint density at radius 2 is 2.15 bits per heavy atom. The highest BCUT2D eigenvalue weighted by atomic mass is 32.2. The number of hydrogen-bond donors (Lipinski definition) is 2. The molecule has 1 amide bonds. The van der Waals surface area contributed by atoms with Gasteiger partial charge < -0.3 is 24.5 Å². The lowest BCUT2D eigenvalue weighted by Crippen LogP contribution is -2.53. The summed E-state index contributed by atoms with van der Waals surface area (Å²) in [5.74, 6) is -3.54. The number of ether oxygens (including phenoxy) is 2. The van der Waals surface area contributed by atoms with Crippen LogP contribution in [0, 0.1) is 5.82 Å². The number of hydrogen-bond acceptors (Lipinski definition) is 8. The van der Waals surface area contributed by atoms with Gasteiger partial charge in [0.2, 0.25) is 12.7 Å². The first-order chi connectivity index (χ1) is 12.9. The normalized spacial score (nSPS) is 15.4. The van der Waals surface area contributed by atoms with E-state index in [9.17, 15) is 23.8 Å². The average molecular weight is 399 g/mol. The molecule has 0 aliphatic carbocycles. The molecule has 0 aromatic heterocycles. The molecule has 0 fully saturated rings. The van der Waals surface area contributed by atoms with Gasteiger partial charge in [-0.2, -0.15) is 11.8 Å². The maximum Gasteiger partial charge on any atom is 0.547 e. The van der Waals surface area contributed by atoms with Gasteiger partial charge in [0.25, 0.3) is 0 Å². The smallest absolute Gasteiger partial charge is 0.534 e. The van der Waals surface area contributed by atoms with Gasteiger partial charge in [-0.05, 0) is 24.3 Å². The van der Waals surface area contributed by atoms with E-state index in [4.69, 9.17) is 9.39 Å². The molecule has 1 aromatic carbocycles. The van der Waals surface area contributed by atoms with Gasteiger partial charge in [0.15, 0.2) is 0 Å². The summed E-state index contributed by atoms with van der Waals surface area (Å²) in [4.78, 5) is 35.0. The molecule has 146 valence electrons. The van der Waals surface area contributed by atoms with Crippen LogP contribution < -0.4 is 9.97 Å². The van der Waals surface area contributed by atoms with Crippen molar-refractivity contribution in [3.8, 4) is 5.75 Å². The van der Waals surface area contributed by atoms with E-state index in [-0.39, 0.29) is 30.3 Å². The SMILES string of the molecule is CCC(=O)OCOC(=O)c1c(F)ccc2c1OB(O)[C@@H](NC(=O)CSC)C2. The molecule has 0 radical (unpaired) electrons. The Bertz CT molecular complexity index is 733. The van der Waals surface area contributed by atoms with E-state index >= 15 is 0 Å². The molecule has 0 saturated heterocycles. The zero-order chi connectivity index (χ0) is 20.0. The summed E-state index contributed by atoms with van der Waals surface area (Å²) in [5, 5.41) is 12.7. The van der Waals surface area contributed by atoms with Gasteiger partial charge in [-0.25, -0.2) is 9.18 Å². The van der Waals surface area contributed by atoms with Crippen molar-refractivity contribution in [1.82, 2.24) is 5.32 Å². The van der Waals surface area contributed by atoms with Crippen molar-refractivity contribution < 1.29 is 37.9 Å². The third kappa shape index (κ3) is 5.36. The molecule has 1 aliphatic heterocycles. The quantitative estimate of drug-likeness (QED) is 0.392. The summed E-state index contributed by atoms with van der Waals surface area (Å²) in [6, 6.07) is 2.47. The molecule has 1 aromatic rings. The third-order valence-corrected chi connectivity index (χ3v) is 4.29. The van der Waals surface area contributed by atoms with Crippen molar-refractivity contribution in [1.29, 1.82) is 0 Å². The Hall–Kier alpha value is -2.27. The minimum absolute atomic E-state index is 0.103. The summed E-state index contributed by atoms with van der Waals surface area (Å²) < 4.78 is 28.8. The number of rotatable bonds is 7. The minimum Gasteiger partial charge on any atom is -0.534 e. The summed E-state index contributed by atoms with van der Waals surface area (Å²) in [6.45, 7) is 0.908. The standard InChI is InChI=1S/C16H19BFNO7S/c1-3-13(21)24-8-25-16(22)14-10(18)5-4-9-6-11(17(23)26-15(9)14)19-12(20)7-27-2/h4-5,11,23H,3,6-8H2,1-2H3,(H,19,20)/t11-/m0/s1. The largest absolute Gasteiger partial charge is 0.547 e. The van der Waals surface area contributed by atoms with Crippen molar-refractivity contribution in [2.75, 3.05) is 18.8 Å². The van der Waals surface area contributed by atoms with E-state index in [2.05, 4.69) is 10.1 Å². The molecule has 1 atom stereocenters. The molecule has 11 heteroatoms. The Morgan fingerprint density at radius 1 is 1.41 bits per heavy atom. The summed E-state index contributed by atoms with van der Waals surface area (Å²) in [7, 11) is -1.46. The van der Waals surface area contributed by atoms with E-state index < -0.39 is 43.2 Å². The van der Waals surface area contributed by atoms with Crippen LogP contribution in [0.15, 0.2) is 12.1 Å². The Labute approximate surface area is 159 Å². The van der Waals surface area contributed by atoms with E-state index in [0.29, 0.717) is 5.56 Å². The number of fused-ring (bicyclic) bond motifs is 1. The molecule has 8 nitrogen and oxygen atoms in total. The van der Waals surface area contributed by atoms with Crippen LogP contribution >= 0.6 is 11.8 Å². The van der Waals surface area contributed by atoms with Gasteiger partial charge >= 0.3 is 19.1 Å². The van der Waals surface area contributed by atoms with E-state index in [0.717, 1.165) is 6.07 Å². The molecule has 1 aliphatic rings. The van der Waals surface area contributed by atoms with Gasteiger partial charge in [0.1, 0.15) is 17.1 Å². The maximum absolute atomic E-state index is 14.2. The van der Waals surface area contributed by atoms with Crippen LogP contribution in [0.25, 0.3) is 0 Å². The van der Waals surface area contributed by atoms with Gasteiger partial charge in [0, 0.05) is 6.42 Å². The number of nitrogens with one attached hydrogen (secondary N) is 1. The number of carbonyl (C=O) groups is 3. The molecule has 0 saturated carbocycles. The fraction of sp³-hybridized carbons (Fsp3) is 0.438. The average Bonchev–Trinajstić information content (AvgIpc) is 2.62. The Morgan fingerprint density at radius 3 is 2.81 bits per heavy atom.